The highest BCUT2D eigenvalue weighted by molar-refractivity contribution is 7.86. The Bertz CT molecular complexity index is 351. The first-order chi connectivity index (χ1) is 8.93. The maximum atomic E-state index is 12.4. The SMILES string of the molecule is CCC1CCC(N(C)S(=O)(=O)N(C)CCCO)CC1. The third-order valence-corrected chi connectivity index (χ3v) is 6.29. The van der Waals surface area contributed by atoms with E-state index in [9.17, 15) is 8.42 Å². The Balaban J connectivity index is 2.58. The van der Waals surface area contributed by atoms with Crippen molar-refractivity contribution >= 4 is 10.2 Å². The van der Waals surface area contributed by atoms with Crippen LogP contribution in [0.1, 0.15) is 45.4 Å². The molecule has 0 spiro atoms. The van der Waals surface area contributed by atoms with Crippen molar-refractivity contribution in [2.45, 2.75) is 51.5 Å². The number of hydrogen-bond donors (Lipinski definition) is 1. The Labute approximate surface area is 117 Å². The third-order valence-electron chi connectivity index (χ3n) is 4.30. The predicted octanol–water partition coefficient (Wildman–Crippen LogP) is 1.45. The molecule has 1 fully saturated rings. The van der Waals surface area contributed by atoms with Gasteiger partial charge in [0.15, 0.2) is 0 Å². The zero-order valence-corrected chi connectivity index (χ0v) is 13.2. The summed E-state index contributed by atoms with van der Waals surface area (Å²) in [4.78, 5) is 0. The number of aliphatic hydroxyl groups excluding tert-OH is 1. The lowest BCUT2D eigenvalue weighted by atomic mass is 9.85. The summed E-state index contributed by atoms with van der Waals surface area (Å²) in [6.07, 6.45) is 5.85. The molecule has 0 aliphatic heterocycles. The first-order valence-electron chi connectivity index (χ1n) is 7.23. The first-order valence-corrected chi connectivity index (χ1v) is 8.63. The van der Waals surface area contributed by atoms with Gasteiger partial charge in [-0.1, -0.05) is 13.3 Å². The fourth-order valence-corrected chi connectivity index (χ4v) is 4.12. The minimum Gasteiger partial charge on any atom is -0.396 e. The predicted molar refractivity (Wildman–Crippen MR) is 77.1 cm³/mol. The fourth-order valence-electron chi connectivity index (χ4n) is 2.73. The van der Waals surface area contributed by atoms with Crippen LogP contribution in [0.3, 0.4) is 0 Å². The van der Waals surface area contributed by atoms with Gasteiger partial charge >= 0.3 is 0 Å². The molecule has 1 rings (SSSR count). The van der Waals surface area contributed by atoms with Crippen LogP contribution in [0.15, 0.2) is 0 Å². The average Bonchev–Trinajstić information content (AvgIpc) is 2.43. The smallest absolute Gasteiger partial charge is 0.281 e. The number of aliphatic hydroxyl groups is 1. The lowest BCUT2D eigenvalue weighted by Gasteiger charge is -2.35. The minimum atomic E-state index is -3.38. The van der Waals surface area contributed by atoms with E-state index in [4.69, 9.17) is 5.11 Å². The van der Waals surface area contributed by atoms with Crippen LogP contribution in [0, 0.1) is 5.92 Å². The molecule has 0 aromatic heterocycles. The molecule has 0 heterocycles. The van der Waals surface area contributed by atoms with Crippen molar-refractivity contribution in [1.82, 2.24) is 8.61 Å². The van der Waals surface area contributed by atoms with Crippen LogP contribution >= 0.6 is 0 Å². The molecule has 0 bridgehead atoms. The fraction of sp³-hybridized carbons (Fsp3) is 1.00. The highest BCUT2D eigenvalue weighted by Gasteiger charge is 2.32. The molecule has 114 valence electrons. The van der Waals surface area contributed by atoms with Gasteiger partial charge in [-0.15, -0.1) is 0 Å². The van der Waals surface area contributed by atoms with E-state index in [-0.39, 0.29) is 12.6 Å². The van der Waals surface area contributed by atoms with Crippen LogP contribution in [0.2, 0.25) is 0 Å². The largest absolute Gasteiger partial charge is 0.396 e. The molecule has 0 aromatic carbocycles. The number of nitrogens with zero attached hydrogens (tertiary/aromatic N) is 2. The standard InChI is InChI=1S/C13H28N2O3S/c1-4-12-6-8-13(9-7-12)15(3)19(17,18)14(2)10-5-11-16/h12-13,16H,4-11H2,1-3H3. The van der Waals surface area contributed by atoms with Gasteiger partial charge in [0.25, 0.3) is 10.2 Å². The van der Waals surface area contributed by atoms with Crippen molar-refractivity contribution < 1.29 is 13.5 Å². The van der Waals surface area contributed by atoms with Crippen molar-refractivity contribution in [2.75, 3.05) is 27.2 Å². The van der Waals surface area contributed by atoms with E-state index in [0.29, 0.717) is 13.0 Å². The van der Waals surface area contributed by atoms with Crippen molar-refractivity contribution in [1.29, 1.82) is 0 Å². The Morgan fingerprint density at radius 3 is 2.21 bits per heavy atom. The molecule has 0 saturated heterocycles. The van der Waals surface area contributed by atoms with Gasteiger partial charge in [0.2, 0.25) is 0 Å². The van der Waals surface area contributed by atoms with Crippen LogP contribution in [0.4, 0.5) is 0 Å². The lowest BCUT2D eigenvalue weighted by molar-refractivity contribution is 0.221. The summed E-state index contributed by atoms with van der Waals surface area (Å²) in [5.74, 6) is 0.763. The monoisotopic (exact) mass is 292 g/mol. The van der Waals surface area contributed by atoms with E-state index in [2.05, 4.69) is 6.92 Å². The number of hydrogen-bond acceptors (Lipinski definition) is 3. The quantitative estimate of drug-likeness (QED) is 0.772. The highest BCUT2D eigenvalue weighted by Crippen LogP contribution is 2.30. The van der Waals surface area contributed by atoms with Crippen LogP contribution in [0.25, 0.3) is 0 Å². The van der Waals surface area contributed by atoms with Gasteiger partial charge in [-0.2, -0.15) is 17.0 Å². The molecule has 0 unspecified atom stereocenters. The molecule has 0 aromatic rings. The van der Waals surface area contributed by atoms with Crippen molar-refractivity contribution in [3.63, 3.8) is 0 Å². The maximum absolute atomic E-state index is 12.4. The van der Waals surface area contributed by atoms with Gasteiger partial charge in [-0.3, -0.25) is 0 Å². The summed E-state index contributed by atoms with van der Waals surface area (Å²) in [5.41, 5.74) is 0. The maximum Gasteiger partial charge on any atom is 0.281 e. The second-order valence-electron chi connectivity index (χ2n) is 5.51. The van der Waals surface area contributed by atoms with Crippen LogP contribution in [-0.2, 0) is 10.2 Å². The Morgan fingerprint density at radius 1 is 1.16 bits per heavy atom. The average molecular weight is 292 g/mol. The molecule has 6 heteroatoms. The summed E-state index contributed by atoms with van der Waals surface area (Å²) in [7, 11) is -0.115. The summed E-state index contributed by atoms with van der Waals surface area (Å²) < 4.78 is 27.6. The summed E-state index contributed by atoms with van der Waals surface area (Å²) in [6.45, 7) is 2.59. The van der Waals surface area contributed by atoms with Crippen LogP contribution in [-0.4, -0.2) is 55.4 Å². The van der Waals surface area contributed by atoms with Gasteiger partial charge in [-0.25, -0.2) is 0 Å². The Hall–Kier alpha value is -0.170. The first kappa shape index (κ1) is 16.9. The molecule has 1 aliphatic rings. The van der Waals surface area contributed by atoms with E-state index < -0.39 is 10.2 Å². The lowest BCUT2D eigenvalue weighted by Crippen LogP contribution is -2.46. The zero-order chi connectivity index (χ0) is 14.5. The zero-order valence-electron chi connectivity index (χ0n) is 12.4. The molecule has 0 atom stereocenters. The van der Waals surface area contributed by atoms with Crippen molar-refractivity contribution in [3.8, 4) is 0 Å². The van der Waals surface area contributed by atoms with Crippen LogP contribution in [0.5, 0.6) is 0 Å². The molecule has 1 saturated carbocycles. The molecular formula is C13H28N2O3S. The van der Waals surface area contributed by atoms with Gasteiger partial charge in [0.1, 0.15) is 0 Å². The molecule has 0 radical (unpaired) electrons. The topological polar surface area (TPSA) is 60.9 Å². The second-order valence-corrected chi connectivity index (χ2v) is 7.60. The molecular weight excluding hydrogens is 264 g/mol. The third kappa shape index (κ3) is 4.41. The van der Waals surface area contributed by atoms with E-state index >= 15 is 0 Å². The Kier molecular flexibility index (Phi) is 6.73. The molecule has 0 amide bonds. The Morgan fingerprint density at radius 2 is 1.74 bits per heavy atom. The molecule has 19 heavy (non-hydrogen) atoms. The normalized spacial score (nSPS) is 25.2. The van der Waals surface area contributed by atoms with Crippen molar-refractivity contribution in [3.05, 3.63) is 0 Å². The summed E-state index contributed by atoms with van der Waals surface area (Å²) in [5, 5.41) is 8.79. The minimum absolute atomic E-state index is 0.0190. The number of rotatable bonds is 7. The van der Waals surface area contributed by atoms with Gasteiger partial charge in [0.05, 0.1) is 0 Å². The van der Waals surface area contributed by atoms with E-state index in [1.54, 1.807) is 14.1 Å². The summed E-state index contributed by atoms with van der Waals surface area (Å²) in [6, 6.07) is 0.129. The highest BCUT2D eigenvalue weighted by atomic mass is 32.2. The van der Waals surface area contributed by atoms with Gasteiger partial charge in [-0.05, 0) is 38.0 Å². The molecule has 1 aliphatic carbocycles. The van der Waals surface area contributed by atoms with Gasteiger partial charge in [0, 0.05) is 33.3 Å². The van der Waals surface area contributed by atoms with E-state index in [0.717, 1.165) is 31.6 Å². The molecule has 1 N–H and O–H groups in total. The van der Waals surface area contributed by atoms with E-state index in [1.807, 2.05) is 0 Å². The second kappa shape index (κ2) is 7.57. The molecule has 5 nitrogen and oxygen atoms in total. The van der Waals surface area contributed by atoms with Crippen molar-refractivity contribution in [2.24, 2.45) is 5.92 Å². The van der Waals surface area contributed by atoms with E-state index in [1.165, 1.54) is 15.0 Å². The summed E-state index contributed by atoms with van der Waals surface area (Å²) >= 11 is 0. The van der Waals surface area contributed by atoms with Crippen LogP contribution < -0.4 is 0 Å². The van der Waals surface area contributed by atoms with Gasteiger partial charge < -0.3 is 5.11 Å².